The Balaban J connectivity index is 2.12. The van der Waals surface area contributed by atoms with E-state index in [1.165, 1.54) is 5.56 Å². The molecule has 0 spiro atoms. The molecule has 1 saturated heterocycles. The number of hydrogen-bond acceptors (Lipinski definition) is 3. The maximum atomic E-state index is 11.9. The Labute approximate surface area is 123 Å². The molecule has 1 aromatic rings. The van der Waals surface area contributed by atoms with Crippen LogP contribution in [-0.2, 0) is 15.3 Å². The van der Waals surface area contributed by atoms with Crippen LogP contribution in [0.5, 0.6) is 0 Å². The molecule has 0 aromatic heterocycles. The van der Waals surface area contributed by atoms with Crippen LogP contribution in [0.3, 0.4) is 0 Å². The van der Waals surface area contributed by atoms with Crippen molar-refractivity contribution in [3.05, 3.63) is 34.3 Å². The molecule has 19 heavy (non-hydrogen) atoms. The van der Waals surface area contributed by atoms with E-state index in [2.05, 4.69) is 33.4 Å². The average Bonchev–Trinajstić information content (AvgIpc) is 2.27. The van der Waals surface area contributed by atoms with Crippen LogP contribution in [-0.4, -0.2) is 33.0 Å². The van der Waals surface area contributed by atoms with Gasteiger partial charge in [0.25, 0.3) is 0 Å². The monoisotopic (exact) mass is 345 g/mol. The van der Waals surface area contributed by atoms with Gasteiger partial charge in [-0.15, -0.1) is 0 Å². The molecular weight excluding hydrogens is 326 g/mol. The smallest absolute Gasteiger partial charge is 0.150 e. The van der Waals surface area contributed by atoms with Crippen LogP contribution >= 0.6 is 15.9 Å². The fourth-order valence-electron chi connectivity index (χ4n) is 2.53. The van der Waals surface area contributed by atoms with Gasteiger partial charge in [-0.2, -0.15) is 0 Å². The highest BCUT2D eigenvalue weighted by Crippen LogP contribution is 2.34. The summed E-state index contributed by atoms with van der Waals surface area (Å²) in [7, 11) is -2.90. The second-order valence-electron chi connectivity index (χ2n) is 5.30. The molecule has 106 valence electrons. The zero-order chi connectivity index (χ0) is 13.9. The Morgan fingerprint density at radius 2 is 2.05 bits per heavy atom. The fourth-order valence-corrected chi connectivity index (χ4v) is 4.46. The topological polar surface area (TPSA) is 46.2 Å². The van der Waals surface area contributed by atoms with E-state index in [1.807, 2.05) is 19.1 Å². The van der Waals surface area contributed by atoms with Gasteiger partial charge in [-0.3, -0.25) is 0 Å². The maximum absolute atomic E-state index is 11.9. The van der Waals surface area contributed by atoms with E-state index >= 15 is 0 Å². The van der Waals surface area contributed by atoms with Gasteiger partial charge in [0.05, 0.1) is 5.75 Å². The highest BCUT2D eigenvalue weighted by Gasteiger charge is 2.39. The second kappa shape index (κ2) is 5.94. The Morgan fingerprint density at radius 3 is 2.58 bits per heavy atom. The summed E-state index contributed by atoms with van der Waals surface area (Å²) in [6.07, 6.45) is 1.41. The molecule has 0 saturated carbocycles. The van der Waals surface area contributed by atoms with Crippen LogP contribution in [0.25, 0.3) is 0 Å². The molecule has 1 aromatic carbocycles. The lowest BCUT2D eigenvalue weighted by Crippen LogP contribution is -2.57. The molecule has 1 N–H and O–H groups in total. The highest BCUT2D eigenvalue weighted by atomic mass is 79.9. The van der Waals surface area contributed by atoms with Crippen LogP contribution in [0.2, 0.25) is 0 Å². The number of hydrogen-bond donors (Lipinski definition) is 1. The fraction of sp³-hybridized carbons (Fsp3) is 0.571. The first-order chi connectivity index (χ1) is 8.97. The van der Waals surface area contributed by atoms with E-state index in [9.17, 15) is 8.42 Å². The number of nitrogens with one attached hydrogen (secondary N) is 1. The Bertz CT molecular complexity index is 538. The van der Waals surface area contributed by atoms with Crippen molar-refractivity contribution >= 4 is 25.8 Å². The molecule has 0 amide bonds. The van der Waals surface area contributed by atoms with Crippen LogP contribution < -0.4 is 5.32 Å². The van der Waals surface area contributed by atoms with E-state index in [4.69, 9.17) is 0 Å². The summed E-state index contributed by atoms with van der Waals surface area (Å²) in [5.74, 6) is 0.587. The van der Waals surface area contributed by atoms with E-state index in [-0.39, 0.29) is 11.2 Å². The van der Waals surface area contributed by atoms with E-state index in [0.29, 0.717) is 18.6 Å². The largest absolute Gasteiger partial charge is 0.315 e. The van der Waals surface area contributed by atoms with Gasteiger partial charge < -0.3 is 5.32 Å². The lowest BCUT2D eigenvalue weighted by molar-refractivity contribution is 0.268. The SMILES string of the molecule is CCCS(=O)(=O)CCC1(c2cccc(Br)c2)CNC1. The maximum Gasteiger partial charge on any atom is 0.150 e. The Kier molecular flexibility index (Phi) is 4.69. The predicted octanol–water partition coefficient (Wildman–Crippen LogP) is 2.50. The predicted molar refractivity (Wildman–Crippen MR) is 82.3 cm³/mol. The molecule has 0 bridgehead atoms. The minimum atomic E-state index is -2.90. The number of rotatable bonds is 6. The van der Waals surface area contributed by atoms with Crippen molar-refractivity contribution in [3.8, 4) is 0 Å². The lowest BCUT2D eigenvalue weighted by atomic mass is 9.73. The molecule has 1 aliphatic rings. The van der Waals surface area contributed by atoms with Crippen LogP contribution in [0.15, 0.2) is 28.7 Å². The van der Waals surface area contributed by atoms with Gasteiger partial charge in [-0.1, -0.05) is 35.0 Å². The molecule has 2 rings (SSSR count). The minimum absolute atomic E-state index is 0.00933. The molecule has 3 nitrogen and oxygen atoms in total. The lowest BCUT2D eigenvalue weighted by Gasteiger charge is -2.43. The Morgan fingerprint density at radius 1 is 1.32 bits per heavy atom. The first kappa shape index (κ1) is 15.0. The molecule has 1 fully saturated rings. The van der Waals surface area contributed by atoms with Crippen molar-refractivity contribution in [2.45, 2.75) is 25.2 Å². The molecule has 1 heterocycles. The van der Waals surface area contributed by atoms with Crippen molar-refractivity contribution in [1.29, 1.82) is 0 Å². The van der Waals surface area contributed by atoms with Gasteiger partial charge >= 0.3 is 0 Å². The van der Waals surface area contributed by atoms with Crippen LogP contribution in [0.1, 0.15) is 25.3 Å². The van der Waals surface area contributed by atoms with Gasteiger partial charge in [0.2, 0.25) is 0 Å². The summed E-state index contributed by atoms with van der Waals surface area (Å²) in [5.41, 5.74) is 1.22. The van der Waals surface area contributed by atoms with E-state index in [1.54, 1.807) is 0 Å². The van der Waals surface area contributed by atoms with Crippen molar-refractivity contribution in [2.75, 3.05) is 24.6 Å². The van der Waals surface area contributed by atoms with Crippen molar-refractivity contribution in [3.63, 3.8) is 0 Å². The Hall–Kier alpha value is -0.390. The molecule has 0 unspecified atom stereocenters. The third kappa shape index (κ3) is 3.58. The standard InChI is InChI=1S/C14H20BrNO2S/c1-2-7-19(17,18)8-6-14(10-16-11-14)12-4-3-5-13(15)9-12/h3-5,9,16H,2,6-8,10-11H2,1H3. The first-order valence-corrected chi connectivity index (χ1v) is 9.26. The van der Waals surface area contributed by atoms with Crippen molar-refractivity contribution in [1.82, 2.24) is 5.32 Å². The number of benzene rings is 1. The van der Waals surface area contributed by atoms with E-state index in [0.717, 1.165) is 17.6 Å². The third-order valence-corrected chi connectivity index (χ3v) is 6.12. The average molecular weight is 346 g/mol. The summed E-state index contributed by atoms with van der Waals surface area (Å²) in [5, 5.41) is 3.28. The summed E-state index contributed by atoms with van der Waals surface area (Å²) in [6.45, 7) is 3.64. The van der Waals surface area contributed by atoms with Crippen molar-refractivity contribution < 1.29 is 8.42 Å². The number of sulfone groups is 1. The summed E-state index contributed by atoms with van der Waals surface area (Å²) in [4.78, 5) is 0. The normalized spacial score (nSPS) is 18.0. The van der Waals surface area contributed by atoms with Gasteiger partial charge in [0.1, 0.15) is 9.84 Å². The zero-order valence-electron chi connectivity index (χ0n) is 11.2. The molecule has 0 atom stereocenters. The third-order valence-electron chi connectivity index (χ3n) is 3.77. The number of halogens is 1. The zero-order valence-corrected chi connectivity index (χ0v) is 13.6. The minimum Gasteiger partial charge on any atom is -0.315 e. The first-order valence-electron chi connectivity index (χ1n) is 6.65. The molecule has 5 heteroatoms. The molecule has 0 radical (unpaired) electrons. The van der Waals surface area contributed by atoms with E-state index < -0.39 is 9.84 Å². The van der Waals surface area contributed by atoms with Gasteiger partial charge in [-0.05, 0) is 30.5 Å². The summed E-state index contributed by atoms with van der Waals surface area (Å²) < 4.78 is 24.8. The van der Waals surface area contributed by atoms with Crippen LogP contribution in [0, 0.1) is 0 Å². The highest BCUT2D eigenvalue weighted by molar-refractivity contribution is 9.10. The van der Waals surface area contributed by atoms with Gasteiger partial charge in [0, 0.05) is 28.7 Å². The van der Waals surface area contributed by atoms with Gasteiger partial charge in [0.15, 0.2) is 0 Å². The quantitative estimate of drug-likeness (QED) is 0.861. The molecule has 1 aliphatic heterocycles. The molecule has 0 aliphatic carbocycles. The molecular formula is C14H20BrNO2S. The second-order valence-corrected chi connectivity index (χ2v) is 8.52. The summed E-state index contributed by atoms with van der Waals surface area (Å²) >= 11 is 3.48. The van der Waals surface area contributed by atoms with Gasteiger partial charge in [-0.25, -0.2) is 8.42 Å². The van der Waals surface area contributed by atoms with Crippen molar-refractivity contribution in [2.24, 2.45) is 0 Å². The van der Waals surface area contributed by atoms with Crippen LogP contribution in [0.4, 0.5) is 0 Å². The summed E-state index contributed by atoms with van der Waals surface area (Å²) in [6, 6.07) is 8.21.